The number of H-pyrrole nitrogens is 1. The highest BCUT2D eigenvalue weighted by Gasteiger charge is 2.24. The lowest BCUT2D eigenvalue weighted by molar-refractivity contribution is 0.0823. The molecule has 4 N–H and O–H groups in total. The molecule has 17 heteroatoms. The summed E-state index contributed by atoms with van der Waals surface area (Å²) in [6.07, 6.45) is -0.331. The van der Waals surface area contributed by atoms with Crippen LogP contribution in [-0.2, 0) is 10.0 Å². The number of nitrogens with two attached hydrogens (primary N) is 1. The minimum absolute atomic E-state index is 0.0117. The molecule has 0 spiro atoms. The zero-order chi connectivity index (χ0) is 35.0. The number of para-hydroxylation sites is 1. The first-order valence-electron chi connectivity index (χ1n) is 14.1. The maximum atomic E-state index is 14.0. The highest BCUT2D eigenvalue weighted by molar-refractivity contribution is 7.92. The third-order valence-corrected chi connectivity index (χ3v) is 9.03. The van der Waals surface area contributed by atoms with Crippen molar-refractivity contribution in [3.05, 3.63) is 113 Å². The van der Waals surface area contributed by atoms with Crippen LogP contribution in [0.1, 0.15) is 21.6 Å². The Balaban J connectivity index is 1.30. The average molecular weight is 715 g/mol. The molecule has 0 atom stereocenters. The number of fused-ring (bicyclic) bond motifs is 1. The number of nitrogen functional groups attached to an aromatic ring is 1. The summed E-state index contributed by atoms with van der Waals surface area (Å²) < 4.78 is 94.5. The predicted octanol–water partition coefficient (Wildman–Crippen LogP) is 7.04. The molecule has 11 nitrogen and oxygen atoms in total. The van der Waals surface area contributed by atoms with Crippen LogP contribution in [0.5, 0.6) is 17.4 Å². The van der Waals surface area contributed by atoms with Crippen molar-refractivity contribution in [3.63, 3.8) is 0 Å². The summed E-state index contributed by atoms with van der Waals surface area (Å²) in [7, 11) is -4.29. The van der Waals surface area contributed by atoms with Crippen LogP contribution in [0.25, 0.3) is 16.6 Å². The van der Waals surface area contributed by atoms with Gasteiger partial charge in [0.05, 0.1) is 40.0 Å². The van der Waals surface area contributed by atoms with Crippen LogP contribution in [0.2, 0.25) is 5.02 Å². The summed E-state index contributed by atoms with van der Waals surface area (Å²) in [6.45, 7) is 0.618. The number of benzene rings is 3. The average Bonchev–Trinajstić information content (AvgIpc) is 3.64. The molecular weight excluding hydrogens is 692 g/mol. The number of aryl methyl sites for hydroxylation is 1. The van der Waals surface area contributed by atoms with Gasteiger partial charge in [0.2, 0.25) is 17.4 Å². The van der Waals surface area contributed by atoms with Gasteiger partial charge in [-0.1, -0.05) is 29.8 Å². The summed E-state index contributed by atoms with van der Waals surface area (Å²) in [5, 5.41) is 4.48. The first-order valence-corrected chi connectivity index (χ1v) is 16.0. The molecular formula is C32H23ClF4N6O5S. The van der Waals surface area contributed by atoms with Gasteiger partial charge in [-0.05, 0) is 55.0 Å². The molecule has 0 saturated carbocycles. The Labute approximate surface area is 280 Å². The Morgan fingerprint density at radius 2 is 1.80 bits per heavy atom. The van der Waals surface area contributed by atoms with Crippen molar-refractivity contribution in [2.24, 2.45) is 0 Å². The number of anilines is 2. The van der Waals surface area contributed by atoms with Gasteiger partial charge in [0, 0.05) is 17.0 Å². The summed E-state index contributed by atoms with van der Waals surface area (Å²) in [4.78, 5) is 20.3. The maximum Gasteiger partial charge on any atom is 0.272 e. The van der Waals surface area contributed by atoms with E-state index in [9.17, 15) is 30.8 Å². The van der Waals surface area contributed by atoms with E-state index in [1.165, 1.54) is 65.6 Å². The molecule has 3 aromatic heterocycles. The van der Waals surface area contributed by atoms with Crippen LogP contribution < -0.4 is 19.9 Å². The van der Waals surface area contributed by atoms with E-state index in [4.69, 9.17) is 26.8 Å². The van der Waals surface area contributed by atoms with Gasteiger partial charge in [-0.25, -0.2) is 35.6 Å². The molecule has 3 aromatic carbocycles. The predicted molar refractivity (Wildman–Crippen MR) is 172 cm³/mol. The maximum absolute atomic E-state index is 14.0. The Morgan fingerprint density at radius 1 is 1.06 bits per heavy atom. The fourth-order valence-corrected chi connectivity index (χ4v) is 6.43. The summed E-state index contributed by atoms with van der Waals surface area (Å²) in [5.74, 6) is -3.44. The molecule has 6 aromatic rings. The molecule has 0 unspecified atom stereocenters. The Kier molecular flexibility index (Phi) is 8.92. The molecule has 0 bridgehead atoms. The highest BCUT2D eigenvalue weighted by Crippen LogP contribution is 2.35. The number of hydrogen-bond acceptors (Lipinski definition) is 8. The van der Waals surface area contributed by atoms with Gasteiger partial charge in [-0.2, -0.15) is 5.10 Å². The minimum Gasteiger partial charge on any atom is -0.485 e. The Hall–Kier alpha value is -5.61. The van der Waals surface area contributed by atoms with Crippen LogP contribution in [0, 0.1) is 18.6 Å². The number of nitrogens with zero attached hydrogens (tertiary/aromatic N) is 3. The third kappa shape index (κ3) is 6.73. The standard InChI is InChI=1S/C32H23ClF4N6O5S/c1-16-9-29(48-31-20(34)6-4-7-21(31)35)39-14-25(16)43-32(38)18(13-40-43)30(44)24-10-17-11-26(47-15-28(36)37)23(12-22(17)41-24)42-49(45,46)27-8-3-2-5-19(27)33/h2-14,28,41-42H,15,38H2,1H3. The number of ether oxygens (including phenoxy) is 2. The molecule has 3 heterocycles. The number of carbonyl (C=O) groups is 1. The van der Waals surface area contributed by atoms with Crippen molar-refractivity contribution in [1.82, 2.24) is 19.7 Å². The molecule has 0 radical (unpaired) electrons. The number of ketones is 1. The number of nitrogens with one attached hydrogen (secondary N) is 2. The second-order valence-electron chi connectivity index (χ2n) is 10.5. The van der Waals surface area contributed by atoms with E-state index in [-0.39, 0.29) is 49.8 Å². The number of aromatic nitrogens is 4. The number of sulfonamides is 1. The van der Waals surface area contributed by atoms with Gasteiger partial charge < -0.3 is 20.2 Å². The fourth-order valence-electron chi connectivity index (χ4n) is 4.85. The van der Waals surface area contributed by atoms with Crippen LogP contribution in [0.3, 0.4) is 0 Å². The zero-order valence-corrected chi connectivity index (χ0v) is 26.6. The molecule has 0 aliphatic rings. The van der Waals surface area contributed by atoms with E-state index < -0.39 is 46.2 Å². The number of alkyl halides is 2. The van der Waals surface area contributed by atoms with Crippen molar-refractivity contribution in [2.45, 2.75) is 18.2 Å². The number of pyridine rings is 1. The third-order valence-electron chi connectivity index (χ3n) is 7.16. The van der Waals surface area contributed by atoms with Gasteiger partial charge in [-0.15, -0.1) is 0 Å². The number of carbonyl (C=O) groups excluding carboxylic acids is 1. The lowest BCUT2D eigenvalue weighted by atomic mass is 10.1. The van der Waals surface area contributed by atoms with E-state index in [2.05, 4.69) is 19.8 Å². The lowest BCUT2D eigenvalue weighted by Crippen LogP contribution is -2.15. The Bertz CT molecular complexity index is 2330. The fraction of sp³-hybridized carbons (Fsp3) is 0.0938. The van der Waals surface area contributed by atoms with Gasteiger partial charge in [0.1, 0.15) is 23.1 Å². The van der Waals surface area contributed by atoms with Crippen molar-refractivity contribution >= 4 is 49.8 Å². The SMILES string of the molecule is Cc1cc(Oc2c(F)cccc2F)ncc1-n1ncc(C(=O)c2cc3cc(OCC(F)F)c(NS(=O)(=O)c4ccccc4Cl)cc3[nH]2)c1N. The lowest BCUT2D eigenvalue weighted by Gasteiger charge is -2.14. The molecule has 0 amide bonds. The van der Waals surface area contributed by atoms with Crippen LogP contribution in [0.4, 0.5) is 29.1 Å². The minimum atomic E-state index is -4.29. The van der Waals surface area contributed by atoms with E-state index in [1.807, 2.05) is 0 Å². The summed E-state index contributed by atoms with van der Waals surface area (Å²) in [6, 6.07) is 14.3. The molecule has 0 fully saturated rings. The topological polar surface area (TPSA) is 154 Å². The quantitative estimate of drug-likeness (QED) is 0.0954. The van der Waals surface area contributed by atoms with E-state index >= 15 is 0 Å². The van der Waals surface area contributed by atoms with E-state index in [0.29, 0.717) is 16.6 Å². The number of rotatable bonds is 11. The summed E-state index contributed by atoms with van der Waals surface area (Å²) in [5.41, 5.74) is 7.22. The summed E-state index contributed by atoms with van der Waals surface area (Å²) >= 11 is 6.07. The zero-order valence-electron chi connectivity index (χ0n) is 25.0. The molecule has 6 rings (SSSR count). The van der Waals surface area contributed by atoms with Crippen LogP contribution in [-0.4, -0.2) is 47.0 Å². The van der Waals surface area contributed by atoms with Crippen molar-refractivity contribution in [2.75, 3.05) is 17.1 Å². The van der Waals surface area contributed by atoms with Crippen LogP contribution >= 0.6 is 11.6 Å². The smallest absolute Gasteiger partial charge is 0.272 e. The van der Waals surface area contributed by atoms with Gasteiger partial charge in [-0.3, -0.25) is 9.52 Å². The molecule has 0 aliphatic heterocycles. The largest absolute Gasteiger partial charge is 0.485 e. The van der Waals surface area contributed by atoms with Crippen molar-refractivity contribution < 1.29 is 40.2 Å². The van der Waals surface area contributed by atoms with Crippen molar-refractivity contribution in [3.8, 4) is 23.1 Å². The van der Waals surface area contributed by atoms with E-state index in [1.54, 1.807) is 13.0 Å². The van der Waals surface area contributed by atoms with Gasteiger partial charge >= 0.3 is 0 Å². The van der Waals surface area contributed by atoms with Crippen molar-refractivity contribution in [1.29, 1.82) is 0 Å². The first-order chi connectivity index (χ1) is 23.3. The first kappa shape index (κ1) is 33.3. The second kappa shape index (κ2) is 13.1. The number of aromatic amines is 1. The number of halogens is 5. The molecule has 0 aliphatic carbocycles. The van der Waals surface area contributed by atoms with Crippen LogP contribution in [0.15, 0.2) is 84.0 Å². The molecule has 0 saturated heterocycles. The monoisotopic (exact) mass is 714 g/mol. The normalized spacial score (nSPS) is 11.7. The Morgan fingerprint density at radius 3 is 2.49 bits per heavy atom. The van der Waals surface area contributed by atoms with E-state index in [0.717, 1.165) is 12.1 Å². The van der Waals surface area contributed by atoms with Gasteiger partial charge in [0.25, 0.3) is 16.4 Å². The molecule has 252 valence electrons. The number of hydrogen-bond donors (Lipinski definition) is 3. The highest BCUT2D eigenvalue weighted by atomic mass is 35.5. The van der Waals surface area contributed by atoms with Gasteiger partial charge in [0.15, 0.2) is 11.6 Å². The molecule has 49 heavy (non-hydrogen) atoms. The second-order valence-corrected chi connectivity index (χ2v) is 12.6.